The Balaban J connectivity index is 1.68. The first kappa shape index (κ1) is 15.1. The number of carbonyl (C=O) groups is 1. The maximum atomic E-state index is 12.4. The Labute approximate surface area is 134 Å². The highest BCUT2D eigenvalue weighted by Crippen LogP contribution is 2.35. The van der Waals surface area contributed by atoms with E-state index in [0.29, 0.717) is 29.5 Å². The number of aromatic nitrogens is 1. The summed E-state index contributed by atoms with van der Waals surface area (Å²) in [4.78, 5) is 16.6. The Kier molecular flexibility index (Phi) is 4.32. The molecule has 0 saturated heterocycles. The Bertz CT molecular complexity index is 717. The van der Waals surface area contributed by atoms with Crippen LogP contribution >= 0.6 is 0 Å². The Hall–Kier alpha value is -2.76. The predicted octanol–water partition coefficient (Wildman–Crippen LogP) is 2.91. The number of nitrogens with one attached hydrogen (secondary N) is 1. The zero-order chi connectivity index (χ0) is 16.2. The molecule has 0 bridgehead atoms. The van der Waals surface area contributed by atoms with Crippen molar-refractivity contribution in [3.05, 3.63) is 42.1 Å². The number of pyridine rings is 1. The van der Waals surface area contributed by atoms with E-state index < -0.39 is 6.10 Å². The van der Waals surface area contributed by atoms with E-state index in [2.05, 4.69) is 10.3 Å². The molecule has 1 aliphatic rings. The van der Waals surface area contributed by atoms with Crippen LogP contribution in [-0.2, 0) is 4.79 Å². The van der Waals surface area contributed by atoms with Crippen molar-refractivity contribution in [2.45, 2.75) is 26.4 Å². The van der Waals surface area contributed by atoms with Gasteiger partial charge in [-0.05, 0) is 37.6 Å². The van der Waals surface area contributed by atoms with Crippen LogP contribution in [0.2, 0.25) is 0 Å². The highest BCUT2D eigenvalue weighted by Gasteiger charge is 2.21. The molecule has 6 nitrogen and oxygen atoms in total. The fourth-order valence-corrected chi connectivity index (χ4v) is 2.26. The van der Waals surface area contributed by atoms with E-state index >= 15 is 0 Å². The first-order valence-electron chi connectivity index (χ1n) is 7.46. The molecule has 1 atom stereocenters. The fraction of sp³-hybridized carbons (Fsp3) is 0.294. The van der Waals surface area contributed by atoms with Crippen LogP contribution in [0.3, 0.4) is 0 Å². The molecule has 2 aromatic rings. The van der Waals surface area contributed by atoms with Crippen LogP contribution in [0, 0.1) is 6.92 Å². The van der Waals surface area contributed by atoms with Gasteiger partial charge in [-0.3, -0.25) is 4.79 Å². The van der Waals surface area contributed by atoms with Gasteiger partial charge in [-0.2, -0.15) is 0 Å². The maximum Gasteiger partial charge on any atom is 0.266 e. The molecule has 2 heterocycles. The summed E-state index contributed by atoms with van der Waals surface area (Å²) in [6.45, 7) is 3.96. The standard InChI is InChI=1S/C17H18N2O4/c1-3-13(17(20)19-16-6-4-5-11(2)18-16)23-12-7-8-14-15(9-12)22-10-21-14/h4-9,13H,3,10H2,1-2H3,(H,18,19,20). The van der Waals surface area contributed by atoms with Gasteiger partial charge in [-0.25, -0.2) is 4.98 Å². The van der Waals surface area contributed by atoms with E-state index in [0.717, 1.165) is 5.69 Å². The zero-order valence-corrected chi connectivity index (χ0v) is 13.0. The fourth-order valence-electron chi connectivity index (χ4n) is 2.26. The predicted molar refractivity (Wildman–Crippen MR) is 84.9 cm³/mol. The summed E-state index contributed by atoms with van der Waals surface area (Å²) in [6, 6.07) is 10.7. The van der Waals surface area contributed by atoms with Gasteiger partial charge in [0.25, 0.3) is 5.91 Å². The minimum atomic E-state index is -0.613. The van der Waals surface area contributed by atoms with Crippen LogP contribution in [0.15, 0.2) is 36.4 Å². The van der Waals surface area contributed by atoms with Crippen molar-refractivity contribution in [2.75, 3.05) is 12.1 Å². The van der Waals surface area contributed by atoms with Gasteiger partial charge in [-0.15, -0.1) is 0 Å². The van der Waals surface area contributed by atoms with E-state index in [1.807, 2.05) is 26.0 Å². The minimum Gasteiger partial charge on any atom is -0.480 e. The molecule has 6 heteroatoms. The summed E-state index contributed by atoms with van der Waals surface area (Å²) in [6.07, 6.45) is -0.0794. The normalized spacial score (nSPS) is 13.5. The number of amides is 1. The number of nitrogens with zero attached hydrogens (tertiary/aromatic N) is 1. The number of fused-ring (bicyclic) bond motifs is 1. The van der Waals surface area contributed by atoms with Crippen LogP contribution in [0.5, 0.6) is 17.2 Å². The number of hydrogen-bond acceptors (Lipinski definition) is 5. The van der Waals surface area contributed by atoms with Crippen LogP contribution in [0.25, 0.3) is 0 Å². The lowest BCUT2D eigenvalue weighted by atomic mass is 10.2. The van der Waals surface area contributed by atoms with Crippen LogP contribution in [-0.4, -0.2) is 23.8 Å². The van der Waals surface area contributed by atoms with Crippen molar-refractivity contribution in [3.8, 4) is 17.2 Å². The molecular formula is C17H18N2O4. The highest BCUT2D eigenvalue weighted by atomic mass is 16.7. The lowest BCUT2D eigenvalue weighted by Crippen LogP contribution is -2.32. The number of hydrogen-bond donors (Lipinski definition) is 1. The van der Waals surface area contributed by atoms with Crippen LogP contribution in [0.1, 0.15) is 19.0 Å². The number of ether oxygens (including phenoxy) is 3. The first-order chi connectivity index (χ1) is 11.2. The smallest absolute Gasteiger partial charge is 0.266 e. The van der Waals surface area contributed by atoms with Gasteiger partial charge < -0.3 is 19.5 Å². The van der Waals surface area contributed by atoms with Gasteiger partial charge in [0.1, 0.15) is 11.6 Å². The number of aryl methyl sites for hydroxylation is 1. The third-order valence-corrected chi connectivity index (χ3v) is 3.43. The Morgan fingerprint density at radius 3 is 2.91 bits per heavy atom. The van der Waals surface area contributed by atoms with Gasteiger partial charge in [0.15, 0.2) is 17.6 Å². The molecule has 1 aromatic heterocycles. The van der Waals surface area contributed by atoms with Crippen molar-refractivity contribution < 1.29 is 19.0 Å². The van der Waals surface area contributed by atoms with Crippen LogP contribution < -0.4 is 19.5 Å². The molecular weight excluding hydrogens is 296 g/mol. The van der Waals surface area contributed by atoms with Gasteiger partial charge in [-0.1, -0.05) is 13.0 Å². The zero-order valence-electron chi connectivity index (χ0n) is 13.0. The molecule has 3 rings (SSSR count). The topological polar surface area (TPSA) is 69.7 Å². The summed E-state index contributed by atoms with van der Waals surface area (Å²) in [5.41, 5.74) is 0.840. The molecule has 0 fully saturated rings. The number of carbonyl (C=O) groups excluding carboxylic acids is 1. The summed E-state index contributed by atoms with van der Waals surface area (Å²) in [5.74, 6) is 2.15. The van der Waals surface area contributed by atoms with Crippen molar-refractivity contribution in [2.24, 2.45) is 0 Å². The third kappa shape index (κ3) is 3.53. The second-order valence-corrected chi connectivity index (χ2v) is 5.18. The van der Waals surface area contributed by atoms with Gasteiger partial charge in [0.05, 0.1) is 0 Å². The molecule has 1 aromatic carbocycles. The molecule has 0 saturated carbocycles. The number of benzene rings is 1. The van der Waals surface area contributed by atoms with E-state index in [1.54, 1.807) is 24.3 Å². The average Bonchev–Trinajstić information content (AvgIpc) is 3.00. The van der Waals surface area contributed by atoms with Crippen molar-refractivity contribution in [1.29, 1.82) is 0 Å². The van der Waals surface area contributed by atoms with Gasteiger partial charge in [0.2, 0.25) is 6.79 Å². The molecule has 1 N–H and O–H groups in total. The van der Waals surface area contributed by atoms with E-state index in [-0.39, 0.29) is 12.7 Å². The molecule has 0 aliphatic carbocycles. The quantitative estimate of drug-likeness (QED) is 0.919. The second-order valence-electron chi connectivity index (χ2n) is 5.18. The molecule has 0 radical (unpaired) electrons. The first-order valence-corrected chi connectivity index (χ1v) is 7.46. The van der Waals surface area contributed by atoms with E-state index in [4.69, 9.17) is 14.2 Å². The average molecular weight is 314 g/mol. The third-order valence-electron chi connectivity index (χ3n) is 3.43. The summed E-state index contributed by atoms with van der Waals surface area (Å²) < 4.78 is 16.3. The highest BCUT2D eigenvalue weighted by molar-refractivity contribution is 5.93. The molecule has 23 heavy (non-hydrogen) atoms. The molecule has 1 amide bonds. The largest absolute Gasteiger partial charge is 0.480 e. The van der Waals surface area contributed by atoms with Crippen molar-refractivity contribution in [3.63, 3.8) is 0 Å². The monoisotopic (exact) mass is 314 g/mol. The lowest BCUT2D eigenvalue weighted by molar-refractivity contribution is -0.122. The number of anilines is 1. The van der Waals surface area contributed by atoms with Crippen LogP contribution in [0.4, 0.5) is 5.82 Å². The summed E-state index contributed by atoms with van der Waals surface area (Å²) in [7, 11) is 0. The molecule has 0 spiro atoms. The van der Waals surface area contributed by atoms with E-state index in [9.17, 15) is 4.79 Å². The summed E-state index contributed by atoms with van der Waals surface area (Å²) in [5, 5.41) is 2.78. The Morgan fingerprint density at radius 1 is 1.30 bits per heavy atom. The van der Waals surface area contributed by atoms with Crippen molar-refractivity contribution >= 4 is 11.7 Å². The number of rotatable bonds is 5. The van der Waals surface area contributed by atoms with Crippen molar-refractivity contribution in [1.82, 2.24) is 4.98 Å². The second kappa shape index (κ2) is 6.56. The lowest BCUT2D eigenvalue weighted by Gasteiger charge is -2.17. The maximum absolute atomic E-state index is 12.4. The summed E-state index contributed by atoms with van der Waals surface area (Å²) >= 11 is 0. The van der Waals surface area contributed by atoms with E-state index in [1.165, 1.54) is 0 Å². The van der Waals surface area contributed by atoms with Gasteiger partial charge >= 0.3 is 0 Å². The van der Waals surface area contributed by atoms with Gasteiger partial charge in [0, 0.05) is 11.8 Å². The SMILES string of the molecule is CCC(Oc1ccc2c(c1)OCO2)C(=O)Nc1cccc(C)n1. The Morgan fingerprint density at radius 2 is 2.13 bits per heavy atom. The molecule has 120 valence electrons. The molecule has 1 aliphatic heterocycles. The minimum absolute atomic E-state index is 0.204. The molecule has 1 unspecified atom stereocenters.